The summed E-state index contributed by atoms with van der Waals surface area (Å²) in [6.07, 6.45) is 3.39. The first kappa shape index (κ1) is 23.0. The van der Waals surface area contributed by atoms with Gasteiger partial charge in [0.1, 0.15) is 17.1 Å². The Morgan fingerprint density at radius 2 is 1.97 bits per heavy atom. The van der Waals surface area contributed by atoms with Crippen LogP contribution in [0.4, 0.5) is 0 Å². The van der Waals surface area contributed by atoms with Crippen molar-refractivity contribution >= 4 is 13.1 Å². The minimum atomic E-state index is -1.09. The number of hydrogen-bond donors (Lipinski definition) is 1. The molecule has 33 heavy (non-hydrogen) atoms. The molecule has 5 aliphatic rings. The second kappa shape index (κ2) is 7.62. The number of aliphatic hydroxyl groups is 1. The number of aliphatic hydroxyl groups excluding tert-OH is 1. The van der Waals surface area contributed by atoms with Gasteiger partial charge in [-0.25, -0.2) is 4.79 Å². The van der Waals surface area contributed by atoms with E-state index in [1.54, 1.807) is 19.9 Å². The van der Waals surface area contributed by atoms with Crippen LogP contribution in [0.25, 0.3) is 0 Å². The molecule has 0 spiro atoms. The molecule has 180 valence electrons. The molecule has 2 heterocycles. The van der Waals surface area contributed by atoms with Gasteiger partial charge in [-0.15, -0.1) is 0 Å². The maximum atomic E-state index is 12.8. The van der Waals surface area contributed by atoms with Crippen molar-refractivity contribution in [3.05, 3.63) is 23.3 Å². The van der Waals surface area contributed by atoms with E-state index in [0.717, 1.165) is 12.0 Å². The molecule has 1 unspecified atom stereocenters. The molecule has 1 N–H and O–H groups in total. The number of carbonyl (C=O) groups excluding carboxylic acids is 1. The first-order valence-corrected chi connectivity index (χ1v) is 12.1. The lowest BCUT2D eigenvalue weighted by atomic mass is 9.45. The molecule has 3 saturated carbocycles. The highest BCUT2D eigenvalue weighted by atomic mass is 16.7. The topological polar surface area (TPSA) is 83.5 Å². The zero-order valence-electron chi connectivity index (χ0n) is 20.5. The Morgan fingerprint density at radius 3 is 2.64 bits per heavy atom. The van der Waals surface area contributed by atoms with E-state index in [1.807, 2.05) is 6.07 Å². The highest BCUT2D eigenvalue weighted by Crippen LogP contribution is 2.65. The summed E-state index contributed by atoms with van der Waals surface area (Å²) in [4.78, 5) is 12.8. The largest absolute Gasteiger partial charge is 0.496 e. The van der Waals surface area contributed by atoms with Crippen molar-refractivity contribution < 1.29 is 33.4 Å². The fourth-order valence-corrected chi connectivity index (χ4v) is 6.60. The number of carbonyl (C=O) groups is 1. The van der Waals surface area contributed by atoms with Gasteiger partial charge in [-0.3, -0.25) is 0 Å². The molecule has 0 amide bonds. The zero-order chi connectivity index (χ0) is 23.8. The van der Waals surface area contributed by atoms with Gasteiger partial charge in [0, 0.05) is 20.5 Å². The van der Waals surface area contributed by atoms with Crippen LogP contribution in [0.15, 0.2) is 12.1 Å². The van der Waals surface area contributed by atoms with Crippen molar-refractivity contribution in [2.24, 2.45) is 17.3 Å². The Kier molecular flexibility index (Phi) is 5.31. The molecule has 4 fully saturated rings. The third-order valence-corrected chi connectivity index (χ3v) is 8.52. The van der Waals surface area contributed by atoms with Crippen LogP contribution in [0.2, 0.25) is 6.32 Å². The van der Waals surface area contributed by atoms with E-state index in [4.69, 9.17) is 23.5 Å². The minimum absolute atomic E-state index is 0.00442. The summed E-state index contributed by atoms with van der Waals surface area (Å²) in [5, 5.41) is 9.87. The minimum Gasteiger partial charge on any atom is -0.496 e. The summed E-state index contributed by atoms with van der Waals surface area (Å²) >= 11 is 0. The van der Waals surface area contributed by atoms with Crippen LogP contribution in [0.5, 0.6) is 11.5 Å². The van der Waals surface area contributed by atoms with Gasteiger partial charge in [0.25, 0.3) is 0 Å². The van der Waals surface area contributed by atoms with Crippen molar-refractivity contribution in [1.82, 2.24) is 0 Å². The smallest absolute Gasteiger partial charge is 0.458 e. The highest BCUT2D eigenvalue weighted by molar-refractivity contribution is 6.45. The molecule has 2 bridgehead atoms. The Balaban J connectivity index is 1.44. The average molecular weight is 458 g/mol. The lowest BCUT2D eigenvalue weighted by Crippen LogP contribution is -2.63. The van der Waals surface area contributed by atoms with Crippen LogP contribution >= 0.6 is 0 Å². The van der Waals surface area contributed by atoms with E-state index in [0.29, 0.717) is 41.5 Å². The van der Waals surface area contributed by atoms with Crippen molar-refractivity contribution in [2.45, 2.75) is 83.6 Å². The fourth-order valence-electron chi connectivity index (χ4n) is 6.60. The second-order valence-electron chi connectivity index (χ2n) is 11.4. The number of ether oxygens (including phenoxy) is 3. The average Bonchev–Trinajstić information content (AvgIpc) is 3.07. The Labute approximate surface area is 196 Å². The fraction of sp³-hybridized carbons (Fsp3) is 0.720. The van der Waals surface area contributed by atoms with Gasteiger partial charge in [-0.1, -0.05) is 19.9 Å². The van der Waals surface area contributed by atoms with E-state index in [1.165, 1.54) is 13.5 Å². The van der Waals surface area contributed by atoms with Crippen LogP contribution in [-0.2, 0) is 14.0 Å². The molecule has 2 aliphatic heterocycles. The van der Waals surface area contributed by atoms with E-state index in [-0.39, 0.29) is 36.9 Å². The molecule has 8 heteroatoms. The third kappa shape index (κ3) is 3.56. The van der Waals surface area contributed by atoms with Crippen molar-refractivity contribution in [3.8, 4) is 11.5 Å². The lowest BCUT2D eigenvalue weighted by molar-refractivity contribution is -0.185. The molecule has 3 aliphatic carbocycles. The number of methoxy groups -OCH3 is 1. The number of cyclic esters (lactones) is 1. The maximum absolute atomic E-state index is 12.8. The van der Waals surface area contributed by atoms with Crippen LogP contribution in [-0.4, -0.2) is 49.4 Å². The normalized spacial score (nSPS) is 33.8. The summed E-state index contributed by atoms with van der Waals surface area (Å²) < 4.78 is 30.1. The van der Waals surface area contributed by atoms with Gasteiger partial charge >= 0.3 is 13.1 Å². The molecule has 5 atom stereocenters. The number of hydrogen-bond acceptors (Lipinski definition) is 7. The molecule has 7 nitrogen and oxygen atoms in total. The van der Waals surface area contributed by atoms with E-state index in [2.05, 4.69) is 20.8 Å². The molecular formula is C25H35BO7. The SMILES string of the molecule is COc1ccc(C(CCO)CB2O[C@@H]3[C@@H]4C[C@H](C[C@]3(C)O2)C4(C)C)c2c1C(=O)OC(C)(C)O2. The molecule has 0 radical (unpaired) electrons. The summed E-state index contributed by atoms with van der Waals surface area (Å²) in [6, 6.07) is 3.67. The predicted molar refractivity (Wildman–Crippen MR) is 122 cm³/mol. The molecular weight excluding hydrogens is 423 g/mol. The predicted octanol–water partition coefficient (Wildman–Crippen LogP) is 4.17. The summed E-state index contributed by atoms with van der Waals surface area (Å²) in [6.45, 7) is 10.3. The third-order valence-electron chi connectivity index (χ3n) is 8.52. The van der Waals surface area contributed by atoms with Gasteiger partial charge in [0.15, 0.2) is 0 Å². The molecule has 1 aromatic rings. The highest BCUT2D eigenvalue weighted by Gasteiger charge is 2.66. The van der Waals surface area contributed by atoms with E-state index >= 15 is 0 Å². The van der Waals surface area contributed by atoms with Crippen LogP contribution in [0, 0.1) is 17.3 Å². The molecule has 6 rings (SSSR count). The van der Waals surface area contributed by atoms with Crippen LogP contribution in [0.3, 0.4) is 0 Å². The van der Waals surface area contributed by atoms with Gasteiger partial charge < -0.3 is 28.6 Å². The number of fused-ring (bicyclic) bond motifs is 1. The number of benzene rings is 1. The van der Waals surface area contributed by atoms with E-state index in [9.17, 15) is 9.90 Å². The summed E-state index contributed by atoms with van der Waals surface area (Å²) in [5.41, 5.74) is 1.15. The molecule has 1 aromatic carbocycles. The van der Waals surface area contributed by atoms with Crippen molar-refractivity contribution in [2.75, 3.05) is 13.7 Å². The van der Waals surface area contributed by atoms with Crippen LogP contribution < -0.4 is 9.47 Å². The molecule has 1 saturated heterocycles. The number of esters is 1. The first-order valence-electron chi connectivity index (χ1n) is 12.1. The van der Waals surface area contributed by atoms with Crippen LogP contribution in [0.1, 0.15) is 75.7 Å². The Morgan fingerprint density at radius 1 is 1.21 bits per heavy atom. The standard InChI is InChI=1S/C25H35BO7/c1-23(2)15-11-17(23)21-25(5,12-15)33-26(32-21)13-14(9-10-27)16-7-8-18(29-6)19-20(16)30-24(3,4)31-22(19)28/h7-8,14-15,17,21,27H,9-13H2,1-6H3/t14?,15-,17+,21-,25+/m1/s1. The van der Waals surface area contributed by atoms with Crippen molar-refractivity contribution in [1.29, 1.82) is 0 Å². The van der Waals surface area contributed by atoms with Gasteiger partial charge in [-0.2, -0.15) is 0 Å². The Bertz CT molecular complexity index is 960. The maximum Gasteiger partial charge on any atom is 0.458 e. The number of rotatable bonds is 6. The zero-order valence-corrected chi connectivity index (χ0v) is 20.5. The monoisotopic (exact) mass is 458 g/mol. The molecule has 0 aromatic heterocycles. The summed E-state index contributed by atoms with van der Waals surface area (Å²) in [7, 11) is 1.15. The van der Waals surface area contributed by atoms with Gasteiger partial charge in [0.2, 0.25) is 5.79 Å². The van der Waals surface area contributed by atoms with Crippen molar-refractivity contribution in [3.63, 3.8) is 0 Å². The second-order valence-corrected chi connectivity index (χ2v) is 11.4. The van der Waals surface area contributed by atoms with E-state index < -0.39 is 11.8 Å². The first-order chi connectivity index (χ1) is 15.5. The van der Waals surface area contributed by atoms with Gasteiger partial charge in [-0.05, 0) is 67.3 Å². The summed E-state index contributed by atoms with van der Waals surface area (Å²) in [5.74, 6) is 0.365. The van der Waals surface area contributed by atoms with Gasteiger partial charge in [0.05, 0.1) is 18.8 Å². The quantitative estimate of drug-likeness (QED) is 0.506. The Hall–Kier alpha value is -1.77. The lowest BCUT2D eigenvalue weighted by Gasteiger charge is -2.63.